The topological polar surface area (TPSA) is 126 Å². The van der Waals surface area contributed by atoms with Gasteiger partial charge in [-0.05, 0) is 36.8 Å². The number of urea groups is 1. The van der Waals surface area contributed by atoms with Crippen LogP contribution in [0.25, 0.3) is 26.4 Å². The van der Waals surface area contributed by atoms with Gasteiger partial charge >= 0.3 is 6.03 Å². The highest BCUT2D eigenvalue weighted by Crippen LogP contribution is 2.32. The summed E-state index contributed by atoms with van der Waals surface area (Å²) in [6, 6.07) is 15.0. The van der Waals surface area contributed by atoms with Gasteiger partial charge in [-0.1, -0.05) is 49.4 Å². The second-order valence-corrected chi connectivity index (χ2v) is 12.7. The molecule has 1 fully saturated rings. The lowest BCUT2D eigenvalue weighted by Gasteiger charge is -2.16. The highest BCUT2D eigenvalue weighted by molar-refractivity contribution is 7.23. The van der Waals surface area contributed by atoms with Crippen LogP contribution in [0.2, 0.25) is 0 Å². The second kappa shape index (κ2) is 12.3. The fourth-order valence-corrected chi connectivity index (χ4v) is 6.09. The van der Waals surface area contributed by atoms with Crippen LogP contribution in [0.5, 0.6) is 5.75 Å². The number of rotatable bonds is 10. The van der Waals surface area contributed by atoms with Crippen molar-refractivity contribution in [1.82, 2.24) is 19.4 Å². The minimum atomic E-state index is -0.396. The lowest BCUT2D eigenvalue weighted by Crippen LogP contribution is -2.28. The van der Waals surface area contributed by atoms with Crippen LogP contribution in [0.15, 0.2) is 59.3 Å². The molecule has 1 atom stereocenters. The first kappa shape index (κ1) is 29.1. The van der Waals surface area contributed by atoms with Crippen LogP contribution in [-0.2, 0) is 10.2 Å². The summed E-state index contributed by atoms with van der Waals surface area (Å²) in [7, 11) is 0. The fourth-order valence-electron chi connectivity index (χ4n) is 5.05. The fraction of sp³-hybridized carbons (Fsp3) is 0.387. The number of amides is 2. The summed E-state index contributed by atoms with van der Waals surface area (Å²) < 4.78 is 20.2. The van der Waals surface area contributed by atoms with Crippen molar-refractivity contribution in [3.8, 4) is 17.0 Å². The Balaban J connectivity index is 1.04. The molecule has 1 aliphatic heterocycles. The Labute approximate surface area is 253 Å². The number of aliphatic hydroxyl groups excluding tert-OH is 1. The number of likely N-dealkylation sites (tertiary alicyclic amines) is 1. The Morgan fingerprint density at radius 2 is 1.98 bits per heavy atom. The Morgan fingerprint density at radius 1 is 1.14 bits per heavy atom. The van der Waals surface area contributed by atoms with Gasteiger partial charge in [-0.15, -0.1) is 0 Å². The first-order chi connectivity index (χ1) is 20.7. The highest BCUT2D eigenvalue weighted by atomic mass is 32.1. The highest BCUT2D eigenvalue weighted by Gasteiger charge is 2.23. The number of anilines is 2. The molecule has 6 rings (SSSR count). The third-order valence-corrected chi connectivity index (χ3v) is 8.36. The molecule has 0 saturated carbocycles. The van der Waals surface area contributed by atoms with Crippen molar-refractivity contribution in [2.24, 2.45) is 0 Å². The molecule has 0 bridgehead atoms. The molecule has 226 valence electrons. The summed E-state index contributed by atoms with van der Waals surface area (Å²) in [5.74, 6) is 1.90. The number of imidazole rings is 1. The third kappa shape index (κ3) is 6.83. The average molecular weight is 605 g/mol. The predicted molar refractivity (Wildman–Crippen MR) is 167 cm³/mol. The van der Waals surface area contributed by atoms with Gasteiger partial charge < -0.3 is 24.4 Å². The van der Waals surface area contributed by atoms with Crippen LogP contribution in [0.4, 0.5) is 16.3 Å². The van der Waals surface area contributed by atoms with Gasteiger partial charge in [-0.25, -0.2) is 9.78 Å². The lowest BCUT2D eigenvalue weighted by atomic mass is 9.93. The zero-order chi connectivity index (χ0) is 30.0. The van der Waals surface area contributed by atoms with Crippen molar-refractivity contribution in [1.29, 1.82) is 0 Å². The van der Waals surface area contributed by atoms with Crippen molar-refractivity contribution in [3.05, 3.63) is 60.5 Å². The van der Waals surface area contributed by atoms with E-state index < -0.39 is 6.03 Å². The Bertz CT molecular complexity index is 1700. The van der Waals surface area contributed by atoms with E-state index in [9.17, 15) is 4.79 Å². The Kier molecular flexibility index (Phi) is 8.35. The molecule has 3 N–H and O–H groups in total. The third-order valence-electron chi connectivity index (χ3n) is 7.35. The maximum absolute atomic E-state index is 12.4. The molecule has 5 aromatic rings. The van der Waals surface area contributed by atoms with Crippen LogP contribution in [0.3, 0.4) is 0 Å². The summed E-state index contributed by atoms with van der Waals surface area (Å²) in [5, 5.41) is 18.4. The van der Waals surface area contributed by atoms with E-state index in [-0.39, 0.29) is 18.1 Å². The molecule has 11 nitrogen and oxygen atoms in total. The normalized spacial score (nSPS) is 15.9. The van der Waals surface area contributed by atoms with E-state index in [1.54, 1.807) is 17.4 Å². The quantitative estimate of drug-likeness (QED) is 0.188. The number of thiazole rings is 1. The molecule has 3 aromatic heterocycles. The largest absolute Gasteiger partial charge is 0.492 e. The molecule has 0 radical (unpaired) electrons. The number of nitrogens with zero attached hydrogens (tertiary/aromatic N) is 4. The van der Waals surface area contributed by atoms with E-state index in [4.69, 9.17) is 24.1 Å². The van der Waals surface area contributed by atoms with Gasteiger partial charge in [-0.3, -0.25) is 14.6 Å². The smallest absolute Gasteiger partial charge is 0.324 e. The molecule has 0 aliphatic carbocycles. The summed E-state index contributed by atoms with van der Waals surface area (Å²) in [5.41, 5.74) is 3.34. The number of nitrogens with one attached hydrogen (secondary N) is 2. The minimum Gasteiger partial charge on any atom is -0.492 e. The van der Waals surface area contributed by atoms with Crippen LogP contribution in [0, 0.1) is 0 Å². The van der Waals surface area contributed by atoms with E-state index in [0.717, 1.165) is 58.2 Å². The van der Waals surface area contributed by atoms with Gasteiger partial charge in [0.1, 0.15) is 18.1 Å². The zero-order valence-corrected chi connectivity index (χ0v) is 25.3. The monoisotopic (exact) mass is 604 g/mol. The molecule has 1 aliphatic rings. The van der Waals surface area contributed by atoms with E-state index in [2.05, 4.69) is 37.2 Å². The van der Waals surface area contributed by atoms with Gasteiger partial charge in [0.15, 0.2) is 10.8 Å². The Morgan fingerprint density at radius 3 is 2.74 bits per heavy atom. The molecule has 4 heterocycles. The number of carbonyl (C=O) groups is 1. The summed E-state index contributed by atoms with van der Waals surface area (Å²) in [6.07, 6.45) is 3.22. The summed E-state index contributed by atoms with van der Waals surface area (Å²) in [4.78, 5) is 20.5. The molecular formula is C31H36N6O5S. The van der Waals surface area contributed by atoms with Gasteiger partial charge in [0.25, 0.3) is 0 Å². The van der Waals surface area contributed by atoms with E-state index >= 15 is 0 Å². The van der Waals surface area contributed by atoms with Gasteiger partial charge in [0.05, 0.1) is 35.2 Å². The van der Waals surface area contributed by atoms with Crippen molar-refractivity contribution in [3.63, 3.8) is 0 Å². The van der Waals surface area contributed by atoms with Crippen molar-refractivity contribution < 1.29 is 23.9 Å². The molecule has 0 spiro atoms. The number of aromatic nitrogens is 3. The maximum atomic E-state index is 12.4. The number of carbonyl (C=O) groups excluding carboxylic acids is 1. The van der Waals surface area contributed by atoms with Crippen LogP contribution >= 0.6 is 11.3 Å². The number of fused-ring (bicyclic) bond motifs is 3. The molecule has 43 heavy (non-hydrogen) atoms. The van der Waals surface area contributed by atoms with Crippen molar-refractivity contribution in [2.75, 3.05) is 50.1 Å². The minimum absolute atomic E-state index is 0.0641. The van der Waals surface area contributed by atoms with Gasteiger partial charge in [0, 0.05) is 48.6 Å². The Hall–Kier alpha value is -3.97. The molecule has 0 unspecified atom stereocenters. The molecular weight excluding hydrogens is 568 g/mol. The molecule has 1 saturated heterocycles. The van der Waals surface area contributed by atoms with E-state index in [0.29, 0.717) is 30.5 Å². The van der Waals surface area contributed by atoms with Crippen LogP contribution < -0.4 is 15.4 Å². The first-order valence-corrected chi connectivity index (χ1v) is 15.2. The number of ether oxygens (including phenoxy) is 2. The average Bonchev–Trinajstić information content (AvgIpc) is 3.76. The van der Waals surface area contributed by atoms with Crippen LogP contribution in [-0.4, -0.2) is 76.1 Å². The van der Waals surface area contributed by atoms with Crippen molar-refractivity contribution >= 4 is 44.1 Å². The van der Waals surface area contributed by atoms with E-state index in [1.807, 2.05) is 57.3 Å². The predicted octanol–water partition coefficient (Wildman–Crippen LogP) is 5.61. The number of aliphatic hydroxyl groups is 1. The standard InChI is InChI=1S/C31H36N6O5S/c1-31(2,3)27-17-28(35-42-27)34-29(39)32-21-6-4-20(5-7-21)24-19-37-25-9-8-22(16-26(25)43-30(37)33-24)40-14-12-36-11-10-23(18-36)41-15-13-38/h4-9,16-17,19,23,38H,10-15,18H2,1-3H3,(H2,32,34,35,39)/t23-/m1/s1. The van der Waals surface area contributed by atoms with Crippen LogP contribution in [0.1, 0.15) is 33.0 Å². The molecule has 12 heteroatoms. The SMILES string of the molecule is CC(C)(C)c1cc(NC(=O)Nc2ccc(-c3cn4c(n3)sc3cc(OCCN5CC[C@@H](OCCO)C5)ccc34)cc2)no1. The number of hydrogen-bond acceptors (Lipinski definition) is 9. The number of hydrogen-bond donors (Lipinski definition) is 3. The lowest BCUT2D eigenvalue weighted by molar-refractivity contribution is 0.0335. The van der Waals surface area contributed by atoms with E-state index in [1.165, 1.54) is 0 Å². The van der Waals surface area contributed by atoms with Gasteiger partial charge in [0.2, 0.25) is 0 Å². The summed E-state index contributed by atoms with van der Waals surface area (Å²) >= 11 is 1.62. The zero-order valence-electron chi connectivity index (χ0n) is 24.5. The summed E-state index contributed by atoms with van der Waals surface area (Å²) in [6.45, 7) is 9.82. The maximum Gasteiger partial charge on any atom is 0.324 e. The first-order valence-electron chi connectivity index (χ1n) is 14.4. The molecule has 2 aromatic carbocycles. The van der Waals surface area contributed by atoms with Crippen molar-refractivity contribution in [2.45, 2.75) is 38.7 Å². The number of benzene rings is 2. The molecule has 2 amide bonds. The second-order valence-electron chi connectivity index (χ2n) is 11.6. The van der Waals surface area contributed by atoms with Gasteiger partial charge in [-0.2, -0.15) is 0 Å².